The Bertz CT molecular complexity index is 250. The highest BCUT2D eigenvalue weighted by Gasteiger charge is 2.20. The molecular formula is C10H16NO5. The first-order chi connectivity index (χ1) is 7.58. The molecule has 1 radical (unpaired) electrons. The molecule has 1 aliphatic carbocycles. The fourth-order valence-electron chi connectivity index (χ4n) is 1.66. The third-order valence-corrected chi connectivity index (χ3v) is 2.35. The van der Waals surface area contributed by atoms with E-state index in [0.29, 0.717) is 0 Å². The summed E-state index contributed by atoms with van der Waals surface area (Å²) in [6.07, 6.45) is 1.70. The summed E-state index contributed by atoms with van der Waals surface area (Å²) in [6.45, 7) is 1.36. The molecule has 1 rings (SSSR count). The van der Waals surface area contributed by atoms with Crippen molar-refractivity contribution in [3.8, 4) is 0 Å². The average Bonchev–Trinajstić information content (AvgIpc) is 2.17. The molecular weight excluding hydrogens is 214 g/mol. The molecule has 0 spiro atoms. The standard InChI is InChI=1S/C10H16NO5/c1-7(14-9(11)12)15-10(13)16-8-5-3-2-4-6-8/h7-8,11H,2-6H2,1H3. The van der Waals surface area contributed by atoms with Gasteiger partial charge in [-0.3, -0.25) is 0 Å². The Labute approximate surface area is 94.0 Å². The predicted octanol–water partition coefficient (Wildman–Crippen LogP) is 2.24. The molecule has 1 aliphatic rings. The van der Waals surface area contributed by atoms with E-state index in [4.69, 9.17) is 10.5 Å². The van der Waals surface area contributed by atoms with Crippen molar-refractivity contribution in [1.29, 1.82) is 0 Å². The van der Waals surface area contributed by atoms with Gasteiger partial charge in [-0.2, -0.15) is 0 Å². The number of hydrogen-bond acceptors (Lipinski definition) is 5. The van der Waals surface area contributed by atoms with Gasteiger partial charge < -0.3 is 14.2 Å². The van der Waals surface area contributed by atoms with E-state index >= 15 is 0 Å². The SMILES string of the molecule is CC(OC([NH])=O)OC(=O)OC1CCCCC1. The van der Waals surface area contributed by atoms with Crippen LogP contribution in [0.3, 0.4) is 0 Å². The fraction of sp³-hybridized carbons (Fsp3) is 0.800. The van der Waals surface area contributed by atoms with E-state index in [-0.39, 0.29) is 6.10 Å². The lowest BCUT2D eigenvalue weighted by molar-refractivity contribution is -0.0842. The first-order valence-corrected chi connectivity index (χ1v) is 5.37. The number of nitrogens with one attached hydrogen (secondary N) is 1. The quantitative estimate of drug-likeness (QED) is 0.548. The monoisotopic (exact) mass is 230 g/mol. The van der Waals surface area contributed by atoms with Gasteiger partial charge in [-0.25, -0.2) is 15.3 Å². The number of carbonyl (C=O) groups is 2. The molecule has 0 saturated heterocycles. The van der Waals surface area contributed by atoms with Crippen LogP contribution in [0, 0.1) is 0 Å². The molecule has 0 aliphatic heterocycles. The van der Waals surface area contributed by atoms with E-state index in [9.17, 15) is 9.59 Å². The Morgan fingerprint density at radius 2 is 1.81 bits per heavy atom. The maximum atomic E-state index is 11.2. The molecule has 1 amide bonds. The first-order valence-electron chi connectivity index (χ1n) is 5.37. The minimum absolute atomic E-state index is 0.0971. The van der Waals surface area contributed by atoms with Gasteiger partial charge in [0.05, 0.1) is 0 Å². The van der Waals surface area contributed by atoms with Gasteiger partial charge in [0.15, 0.2) is 0 Å². The summed E-state index contributed by atoms with van der Waals surface area (Å²) in [7, 11) is 0. The molecule has 1 fully saturated rings. The minimum Gasteiger partial charge on any atom is -0.431 e. The van der Waals surface area contributed by atoms with Crippen molar-refractivity contribution in [2.75, 3.05) is 0 Å². The maximum Gasteiger partial charge on any atom is 0.511 e. The average molecular weight is 230 g/mol. The van der Waals surface area contributed by atoms with Crippen molar-refractivity contribution in [3.63, 3.8) is 0 Å². The van der Waals surface area contributed by atoms with Gasteiger partial charge in [-0.1, -0.05) is 6.42 Å². The van der Waals surface area contributed by atoms with E-state index in [1.54, 1.807) is 0 Å². The highest BCUT2D eigenvalue weighted by atomic mass is 16.8. The van der Waals surface area contributed by atoms with Crippen LogP contribution >= 0.6 is 0 Å². The Hall–Kier alpha value is -1.46. The third kappa shape index (κ3) is 4.86. The van der Waals surface area contributed by atoms with E-state index in [0.717, 1.165) is 25.7 Å². The number of carbonyl (C=O) groups excluding carboxylic acids is 2. The molecule has 1 saturated carbocycles. The minimum atomic E-state index is -1.24. The molecule has 0 aromatic rings. The summed E-state index contributed by atoms with van der Waals surface area (Å²) in [5.41, 5.74) is 6.51. The van der Waals surface area contributed by atoms with Crippen molar-refractivity contribution in [3.05, 3.63) is 0 Å². The Kier molecular flexibility index (Phi) is 4.88. The zero-order chi connectivity index (χ0) is 12.0. The molecule has 1 atom stereocenters. The van der Waals surface area contributed by atoms with Gasteiger partial charge in [0, 0.05) is 6.92 Å². The highest BCUT2D eigenvalue weighted by molar-refractivity contribution is 5.64. The molecule has 16 heavy (non-hydrogen) atoms. The van der Waals surface area contributed by atoms with Crippen molar-refractivity contribution in [2.24, 2.45) is 0 Å². The van der Waals surface area contributed by atoms with Gasteiger partial charge in [0.1, 0.15) is 6.10 Å². The molecule has 6 heteroatoms. The second kappa shape index (κ2) is 6.19. The van der Waals surface area contributed by atoms with E-state index in [1.807, 2.05) is 0 Å². The van der Waals surface area contributed by atoms with Gasteiger partial charge in [-0.05, 0) is 25.7 Å². The first kappa shape index (κ1) is 12.6. The van der Waals surface area contributed by atoms with Crippen LogP contribution in [0.2, 0.25) is 0 Å². The number of amides is 1. The Morgan fingerprint density at radius 3 is 2.38 bits per heavy atom. The van der Waals surface area contributed by atoms with Crippen LogP contribution in [0.1, 0.15) is 39.0 Å². The molecule has 0 aromatic carbocycles. The van der Waals surface area contributed by atoms with Gasteiger partial charge >= 0.3 is 12.2 Å². The van der Waals surface area contributed by atoms with E-state index in [2.05, 4.69) is 9.47 Å². The number of hydrogen-bond donors (Lipinski definition) is 0. The second-order valence-electron chi connectivity index (χ2n) is 3.72. The van der Waals surface area contributed by atoms with Crippen LogP contribution in [0.4, 0.5) is 9.59 Å². The van der Waals surface area contributed by atoms with Gasteiger partial charge in [-0.15, -0.1) is 0 Å². The normalized spacial score (nSPS) is 18.6. The van der Waals surface area contributed by atoms with Gasteiger partial charge in [0.25, 0.3) is 0 Å². The van der Waals surface area contributed by atoms with Crippen LogP contribution in [-0.2, 0) is 14.2 Å². The van der Waals surface area contributed by atoms with Crippen molar-refractivity contribution in [2.45, 2.75) is 51.4 Å². The molecule has 1 N–H and O–H groups in total. The maximum absolute atomic E-state index is 11.2. The van der Waals surface area contributed by atoms with Crippen LogP contribution in [-0.4, -0.2) is 24.6 Å². The summed E-state index contributed by atoms with van der Waals surface area (Å²) in [6, 6.07) is 0. The zero-order valence-corrected chi connectivity index (χ0v) is 9.23. The molecule has 0 aromatic heterocycles. The lowest BCUT2D eigenvalue weighted by Crippen LogP contribution is -2.26. The lowest BCUT2D eigenvalue weighted by Gasteiger charge is -2.22. The molecule has 6 nitrogen and oxygen atoms in total. The predicted molar refractivity (Wildman–Crippen MR) is 53.5 cm³/mol. The van der Waals surface area contributed by atoms with E-state index < -0.39 is 18.5 Å². The summed E-state index contributed by atoms with van der Waals surface area (Å²) < 4.78 is 14.0. The molecule has 91 valence electrons. The number of ether oxygens (including phenoxy) is 3. The molecule has 0 bridgehead atoms. The molecule has 0 heterocycles. The van der Waals surface area contributed by atoms with Gasteiger partial charge in [0.2, 0.25) is 6.29 Å². The summed E-state index contributed by atoms with van der Waals surface area (Å²) >= 11 is 0. The molecule has 1 unspecified atom stereocenters. The van der Waals surface area contributed by atoms with Crippen LogP contribution in [0.5, 0.6) is 0 Å². The number of rotatable bonds is 3. The largest absolute Gasteiger partial charge is 0.511 e. The van der Waals surface area contributed by atoms with Crippen LogP contribution < -0.4 is 5.73 Å². The van der Waals surface area contributed by atoms with Crippen molar-refractivity contribution < 1.29 is 23.8 Å². The van der Waals surface area contributed by atoms with Crippen LogP contribution in [0.25, 0.3) is 0 Å². The lowest BCUT2D eigenvalue weighted by atomic mass is 9.98. The summed E-state index contributed by atoms with van der Waals surface area (Å²) in [4.78, 5) is 21.4. The topological polar surface area (TPSA) is 85.6 Å². The summed E-state index contributed by atoms with van der Waals surface area (Å²) in [5, 5.41) is 0. The van der Waals surface area contributed by atoms with Crippen molar-refractivity contribution in [1.82, 2.24) is 5.73 Å². The highest BCUT2D eigenvalue weighted by Crippen LogP contribution is 2.20. The smallest absolute Gasteiger partial charge is 0.431 e. The van der Waals surface area contributed by atoms with Crippen molar-refractivity contribution >= 4 is 12.2 Å². The van der Waals surface area contributed by atoms with Crippen LogP contribution in [0.15, 0.2) is 0 Å². The fourth-order valence-corrected chi connectivity index (χ4v) is 1.66. The van der Waals surface area contributed by atoms with E-state index in [1.165, 1.54) is 13.3 Å². The summed E-state index contributed by atoms with van der Waals surface area (Å²) in [5.74, 6) is 0. The Morgan fingerprint density at radius 1 is 1.19 bits per heavy atom. The zero-order valence-electron chi connectivity index (χ0n) is 9.23. The second-order valence-corrected chi connectivity index (χ2v) is 3.72. The third-order valence-electron chi connectivity index (χ3n) is 2.35. The Balaban J connectivity index is 2.21.